The predicted octanol–water partition coefficient (Wildman–Crippen LogP) is -0.273. The zero-order valence-corrected chi connectivity index (χ0v) is 13.5. The summed E-state index contributed by atoms with van der Waals surface area (Å²) in [6.07, 6.45) is -0.566. The Morgan fingerprint density at radius 3 is 2.74 bits per heavy atom. The molecule has 0 saturated carbocycles. The first kappa shape index (κ1) is 18.1. The van der Waals surface area contributed by atoms with Gasteiger partial charge in [-0.15, -0.1) is 0 Å². The first-order valence-corrected chi connectivity index (χ1v) is 8.51. The second kappa shape index (κ2) is 7.08. The van der Waals surface area contributed by atoms with Gasteiger partial charge in [0, 0.05) is 18.7 Å². The van der Waals surface area contributed by atoms with Gasteiger partial charge in [-0.3, -0.25) is 18.9 Å². The van der Waals surface area contributed by atoms with E-state index in [1.807, 2.05) is 0 Å². The van der Waals surface area contributed by atoms with Crippen LogP contribution in [0.25, 0.3) is 0 Å². The fraction of sp³-hybridized carbons (Fsp3) is 0.667. The number of phosphoric ester groups is 1. The van der Waals surface area contributed by atoms with E-state index < -0.39 is 37.5 Å². The lowest BCUT2D eigenvalue weighted by Gasteiger charge is -2.20. The number of aromatic amines is 1. The predicted molar refractivity (Wildman–Crippen MR) is 77.9 cm³/mol. The Hall–Kier alpha value is -1.29. The molecule has 1 aliphatic heterocycles. The molecule has 0 aliphatic carbocycles. The van der Waals surface area contributed by atoms with E-state index in [2.05, 4.69) is 9.51 Å². The third-order valence-electron chi connectivity index (χ3n) is 3.20. The van der Waals surface area contributed by atoms with Gasteiger partial charge in [-0.2, -0.15) is 0 Å². The maximum atomic E-state index is 11.8. The van der Waals surface area contributed by atoms with Crippen molar-refractivity contribution in [3.8, 4) is 0 Å². The first-order chi connectivity index (χ1) is 10.7. The van der Waals surface area contributed by atoms with E-state index in [1.165, 1.54) is 16.8 Å². The molecule has 3 N–H and O–H groups in total. The summed E-state index contributed by atoms with van der Waals surface area (Å²) < 4.78 is 27.8. The van der Waals surface area contributed by atoms with Crippen molar-refractivity contribution in [1.29, 1.82) is 0 Å². The Bertz CT molecular complexity index is 693. The molecule has 0 amide bonds. The average Bonchev–Trinajstić information content (AvgIpc) is 2.77. The lowest BCUT2D eigenvalue weighted by atomic mass is 10.2. The summed E-state index contributed by atoms with van der Waals surface area (Å²) >= 11 is 0. The molecule has 0 radical (unpaired) electrons. The van der Waals surface area contributed by atoms with E-state index in [0.717, 1.165) is 0 Å². The van der Waals surface area contributed by atoms with Crippen LogP contribution in [0.3, 0.4) is 0 Å². The van der Waals surface area contributed by atoms with Crippen LogP contribution in [-0.2, 0) is 18.6 Å². The topological polar surface area (TPSA) is 140 Å². The number of hydrogen-bond acceptors (Lipinski definition) is 6. The molecule has 3 atom stereocenters. The van der Waals surface area contributed by atoms with Crippen LogP contribution >= 0.6 is 7.82 Å². The van der Waals surface area contributed by atoms with Gasteiger partial charge in [-0.25, -0.2) is 9.36 Å². The summed E-state index contributed by atoms with van der Waals surface area (Å²) in [5.41, 5.74) is -1.16. The normalized spacial score (nSPS) is 25.2. The average molecular weight is 350 g/mol. The number of phosphoric acid groups is 1. The molecule has 130 valence electrons. The minimum atomic E-state index is -4.64. The van der Waals surface area contributed by atoms with Crippen LogP contribution < -0.4 is 11.2 Å². The van der Waals surface area contributed by atoms with Crippen LogP contribution in [0.15, 0.2) is 21.9 Å². The number of aromatic nitrogens is 2. The van der Waals surface area contributed by atoms with Crippen molar-refractivity contribution < 1.29 is 28.3 Å². The molecule has 0 aromatic carbocycles. The Balaban J connectivity index is 2.16. The molecule has 1 aromatic rings. The highest BCUT2D eigenvalue weighted by molar-refractivity contribution is 7.46. The summed E-state index contributed by atoms with van der Waals surface area (Å²) in [6, 6.07) is 1.18. The number of nitrogens with one attached hydrogen (secondary N) is 1. The zero-order valence-electron chi connectivity index (χ0n) is 12.6. The van der Waals surface area contributed by atoms with E-state index in [-0.39, 0.29) is 19.1 Å². The van der Waals surface area contributed by atoms with Crippen LogP contribution in [0.2, 0.25) is 0 Å². The van der Waals surface area contributed by atoms with Gasteiger partial charge in [-0.05, 0) is 13.8 Å². The van der Waals surface area contributed by atoms with Gasteiger partial charge < -0.3 is 19.3 Å². The summed E-state index contributed by atoms with van der Waals surface area (Å²) in [5, 5.41) is 0. The highest BCUT2D eigenvalue weighted by atomic mass is 31.2. The number of rotatable bonds is 6. The minimum Gasteiger partial charge on any atom is -0.373 e. The van der Waals surface area contributed by atoms with Gasteiger partial charge in [0.05, 0.1) is 18.8 Å². The number of ether oxygens (including phenoxy) is 2. The highest BCUT2D eigenvalue weighted by Crippen LogP contribution is 2.38. The quantitative estimate of drug-likeness (QED) is 0.596. The first-order valence-electron chi connectivity index (χ1n) is 6.98. The second-order valence-electron chi connectivity index (χ2n) is 5.39. The van der Waals surface area contributed by atoms with Crippen molar-refractivity contribution >= 4 is 7.82 Å². The van der Waals surface area contributed by atoms with Crippen molar-refractivity contribution in [2.24, 2.45) is 0 Å². The van der Waals surface area contributed by atoms with Gasteiger partial charge in [0.25, 0.3) is 5.56 Å². The summed E-state index contributed by atoms with van der Waals surface area (Å²) in [7, 11) is -4.64. The molecule has 0 bridgehead atoms. The summed E-state index contributed by atoms with van der Waals surface area (Å²) in [4.78, 5) is 42.6. The van der Waals surface area contributed by atoms with Gasteiger partial charge in [-0.1, -0.05) is 0 Å². The maximum Gasteiger partial charge on any atom is 0.469 e. The monoisotopic (exact) mass is 350 g/mol. The molecule has 2 heterocycles. The van der Waals surface area contributed by atoms with Gasteiger partial charge >= 0.3 is 13.5 Å². The summed E-state index contributed by atoms with van der Waals surface area (Å²) in [5.74, 6) is 0. The van der Waals surface area contributed by atoms with Gasteiger partial charge in [0.2, 0.25) is 0 Å². The zero-order chi connectivity index (χ0) is 17.2. The fourth-order valence-electron chi connectivity index (χ4n) is 2.34. The van der Waals surface area contributed by atoms with E-state index in [0.29, 0.717) is 0 Å². The van der Waals surface area contributed by atoms with Crippen LogP contribution in [0, 0.1) is 0 Å². The van der Waals surface area contributed by atoms with Crippen molar-refractivity contribution in [2.75, 3.05) is 6.61 Å². The second-order valence-corrected chi connectivity index (χ2v) is 6.63. The SMILES string of the molecule is CC(C)OC1CC(n2ccc(=O)[nH]c2=O)OC1COP(=O)(O)O. The van der Waals surface area contributed by atoms with E-state index in [1.54, 1.807) is 13.8 Å². The largest absolute Gasteiger partial charge is 0.469 e. The van der Waals surface area contributed by atoms with E-state index >= 15 is 0 Å². The molecule has 1 aromatic heterocycles. The molecular formula is C12H19N2O8P. The molecule has 3 unspecified atom stereocenters. The molecule has 2 rings (SSSR count). The molecule has 1 aliphatic rings. The Kier molecular flexibility index (Phi) is 5.56. The molecule has 11 heteroatoms. The lowest BCUT2D eigenvalue weighted by molar-refractivity contribution is -0.0738. The highest BCUT2D eigenvalue weighted by Gasteiger charge is 2.39. The third-order valence-corrected chi connectivity index (χ3v) is 3.68. The molecule has 0 spiro atoms. The van der Waals surface area contributed by atoms with Gasteiger partial charge in [0.15, 0.2) is 0 Å². The maximum absolute atomic E-state index is 11.8. The minimum absolute atomic E-state index is 0.146. The van der Waals surface area contributed by atoms with Crippen molar-refractivity contribution in [2.45, 2.75) is 44.8 Å². The smallest absolute Gasteiger partial charge is 0.373 e. The molecule has 10 nitrogen and oxygen atoms in total. The molecule has 1 fully saturated rings. The standard InChI is InChI=1S/C12H19N2O8P/c1-7(2)21-8-5-11(14-4-3-10(15)13-12(14)16)22-9(8)6-20-23(17,18)19/h3-4,7-9,11H,5-6H2,1-2H3,(H,13,15,16)(H2,17,18,19). The Morgan fingerprint density at radius 1 is 1.48 bits per heavy atom. The Labute approximate surface area is 131 Å². The Morgan fingerprint density at radius 2 is 2.17 bits per heavy atom. The van der Waals surface area contributed by atoms with Crippen LogP contribution in [0.5, 0.6) is 0 Å². The number of H-pyrrole nitrogens is 1. The lowest BCUT2D eigenvalue weighted by Crippen LogP contribution is -2.32. The van der Waals surface area contributed by atoms with Crippen LogP contribution in [0.4, 0.5) is 0 Å². The van der Waals surface area contributed by atoms with E-state index in [4.69, 9.17) is 19.3 Å². The third kappa shape index (κ3) is 5.10. The molecule has 23 heavy (non-hydrogen) atoms. The van der Waals surface area contributed by atoms with Crippen molar-refractivity contribution in [3.05, 3.63) is 33.1 Å². The van der Waals surface area contributed by atoms with Crippen molar-refractivity contribution in [3.63, 3.8) is 0 Å². The van der Waals surface area contributed by atoms with Gasteiger partial charge in [0.1, 0.15) is 12.3 Å². The van der Waals surface area contributed by atoms with Crippen LogP contribution in [-0.4, -0.2) is 44.3 Å². The molecule has 1 saturated heterocycles. The van der Waals surface area contributed by atoms with Crippen LogP contribution in [0.1, 0.15) is 26.5 Å². The summed E-state index contributed by atoms with van der Waals surface area (Å²) in [6.45, 7) is 3.23. The number of hydrogen-bond donors (Lipinski definition) is 3. The van der Waals surface area contributed by atoms with Crippen molar-refractivity contribution in [1.82, 2.24) is 9.55 Å². The number of nitrogens with zero attached hydrogens (tertiary/aromatic N) is 1. The molecular weight excluding hydrogens is 331 g/mol. The fourth-order valence-corrected chi connectivity index (χ4v) is 2.68. The van der Waals surface area contributed by atoms with E-state index in [9.17, 15) is 14.2 Å².